The summed E-state index contributed by atoms with van der Waals surface area (Å²) in [7, 11) is 0. The van der Waals surface area contributed by atoms with Gasteiger partial charge in [0, 0.05) is 6.54 Å². The normalized spacial score (nSPS) is 28.1. The molecule has 1 saturated heterocycles. The molecule has 1 rings (SSSR count). The number of rotatable bonds is 4. The highest BCUT2D eigenvalue weighted by Crippen LogP contribution is 2.19. The molecule has 3 nitrogen and oxygen atoms in total. The molecule has 0 aromatic heterocycles. The van der Waals surface area contributed by atoms with Crippen molar-refractivity contribution in [3.63, 3.8) is 0 Å². The minimum Gasteiger partial charge on any atom is -0.462 e. The average Bonchev–Trinajstić information content (AvgIpc) is 2.49. The standard InChI is InChI=1S/C12H23NO2/c1-8(2)5-10(4)15-12(14)11-7-13-6-9(11)3/h8-11,13H,5-7H2,1-4H3/t9-,10?,11-/m1/s1. The number of nitrogens with one attached hydrogen (secondary N) is 1. The zero-order valence-electron chi connectivity index (χ0n) is 10.2. The van der Waals surface area contributed by atoms with Crippen molar-refractivity contribution in [2.75, 3.05) is 13.1 Å². The highest BCUT2D eigenvalue weighted by Gasteiger charge is 2.31. The second kappa shape index (κ2) is 5.50. The zero-order chi connectivity index (χ0) is 11.4. The summed E-state index contributed by atoms with van der Waals surface area (Å²) in [5.74, 6) is 1.01. The van der Waals surface area contributed by atoms with Crippen LogP contribution in [-0.2, 0) is 9.53 Å². The van der Waals surface area contributed by atoms with E-state index in [9.17, 15) is 4.79 Å². The Balaban J connectivity index is 2.34. The van der Waals surface area contributed by atoms with Crippen LogP contribution in [0.15, 0.2) is 0 Å². The van der Waals surface area contributed by atoms with Crippen LogP contribution in [0.25, 0.3) is 0 Å². The highest BCUT2D eigenvalue weighted by molar-refractivity contribution is 5.73. The van der Waals surface area contributed by atoms with Gasteiger partial charge in [-0.2, -0.15) is 0 Å². The Morgan fingerprint density at radius 3 is 2.53 bits per heavy atom. The quantitative estimate of drug-likeness (QED) is 0.724. The van der Waals surface area contributed by atoms with Crippen molar-refractivity contribution in [3.05, 3.63) is 0 Å². The van der Waals surface area contributed by atoms with Gasteiger partial charge >= 0.3 is 5.97 Å². The minimum absolute atomic E-state index is 0.0272. The Morgan fingerprint density at radius 1 is 1.40 bits per heavy atom. The number of esters is 1. The van der Waals surface area contributed by atoms with Gasteiger partial charge in [-0.25, -0.2) is 0 Å². The van der Waals surface area contributed by atoms with Crippen LogP contribution in [0.2, 0.25) is 0 Å². The molecule has 1 aliphatic rings. The molecule has 0 radical (unpaired) electrons. The smallest absolute Gasteiger partial charge is 0.310 e. The lowest BCUT2D eigenvalue weighted by Crippen LogP contribution is -2.27. The van der Waals surface area contributed by atoms with E-state index in [-0.39, 0.29) is 18.0 Å². The van der Waals surface area contributed by atoms with Gasteiger partial charge < -0.3 is 10.1 Å². The van der Waals surface area contributed by atoms with Crippen molar-refractivity contribution < 1.29 is 9.53 Å². The monoisotopic (exact) mass is 213 g/mol. The van der Waals surface area contributed by atoms with E-state index in [4.69, 9.17) is 4.74 Å². The molecule has 1 unspecified atom stereocenters. The molecule has 0 aliphatic carbocycles. The molecule has 1 aliphatic heterocycles. The molecule has 0 amide bonds. The van der Waals surface area contributed by atoms with E-state index in [0.717, 1.165) is 19.5 Å². The van der Waals surface area contributed by atoms with Gasteiger partial charge in [-0.05, 0) is 31.7 Å². The Labute approximate surface area is 92.6 Å². The largest absolute Gasteiger partial charge is 0.462 e. The fourth-order valence-corrected chi connectivity index (χ4v) is 2.12. The number of ether oxygens (including phenoxy) is 1. The van der Waals surface area contributed by atoms with Crippen LogP contribution in [0, 0.1) is 17.8 Å². The van der Waals surface area contributed by atoms with Crippen LogP contribution in [0.1, 0.15) is 34.1 Å². The number of carbonyl (C=O) groups excluding carboxylic acids is 1. The van der Waals surface area contributed by atoms with Crippen LogP contribution in [0.3, 0.4) is 0 Å². The Hall–Kier alpha value is -0.570. The Morgan fingerprint density at radius 2 is 2.07 bits per heavy atom. The van der Waals surface area contributed by atoms with Gasteiger partial charge in [0.2, 0.25) is 0 Å². The molecule has 1 N–H and O–H groups in total. The molecule has 0 saturated carbocycles. The maximum Gasteiger partial charge on any atom is 0.310 e. The van der Waals surface area contributed by atoms with E-state index in [0.29, 0.717) is 11.8 Å². The van der Waals surface area contributed by atoms with E-state index in [1.54, 1.807) is 0 Å². The van der Waals surface area contributed by atoms with E-state index in [2.05, 4.69) is 26.1 Å². The molecular formula is C12H23NO2. The molecule has 3 heteroatoms. The Kier molecular flexibility index (Phi) is 4.58. The number of hydrogen-bond acceptors (Lipinski definition) is 3. The molecule has 0 aromatic carbocycles. The van der Waals surface area contributed by atoms with Crippen molar-refractivity contribution in [2.24, 2.45) is 17.8 Å². The molecule has 3 atom stereocenters. The molecule has 0 spiro atoms. The number of hydrogen-bond donors (Lipinski definition) is 1. The van der Waals surface area contributed by atoms with Crippen LogP contribution in [0.4, 0.5) is 0 Å². The van der Waals surface area contributed by atoms with Gasteiger partial charge in [0.25, 0.3) is 0 Å². The van der Waals surface area contributed by atoms with Gasteiger partial charge in [0.15, 0.2) is 0 Å². The van der Waals surface area contributed by atoms with Crippen molar-refractivity contribution in [1.82, 2.24) is 5.32 Å². The van der Waals surface area contributed by atoms with E-state index < -0.39 is 0 Å². The summed E-state index contributed by atoms with van der Waals surface area (Å²) in [6.07, 6.45) is 0.991. The predicted octanol–water partition coefficient (Wildman–Crippen LogP) is 1.82. The van der Waals surface area contributed by atoms with Crippen LogP contribution >= 0.6 is 0 Å². The van der Waals surface area contributed by atoms with Crippen LogP contribution < -0.4 is 5.32 Å². The summed E-state index contributed by atoms with van der Waals surface area (Å²) in [5, 5.41) is 3.22. The molecule has 1 fully saturated rings. The topological polar surface area (TPSA) is 38.3 Å². The lowest BCUT2D eigenvalue weighted by molar-refractivity contribution is -0.154. The summed E-state index contributed by atoms with van der Waals surface area (Å²) >= 11 is 0. The molecular weight excluding hydrogens is 190 g/mol. The van der Waals surface area contributed by atoms with Crippen molar-refractivity contribution in [2.45, 2.75) is 40.2 Å². The fourth-order valence-electron chi connectivity index (χ4n) is 2.12. The molecule has 0 aromatic rings. The maximum atomic E-state index is 11.8. The second-order valence-corrected chi connectivity index (χ2v) is 5.12. The summed E-state index contributed by atoms with van der Waals surface area (Å²) in [6.45, 7) is 10.1. The van der Waals surface area contributed by atoms with Crippen molar-refractivity contribution in [3.8, 4) is 0 Å². The first-order valence-corrected chi connectivity index (χ1v) is 5.92. The number of carbonyl (C=O) groups is 1. The van der Waals surface area contributed by atoms with Gasteiger partial charge in [-0.3, -0.25) is 4.79 Å². The summed E-state index contributed by atoms with van der Waals surface area (Å²) in [5.41, 5.74) is 0. The first-order chi connectivity index (χ1) is 7.00. The third-order valence-electron chi connectivity index (χ3n) is 2.94. The molecule has 0 bridgehead atoms. The maximum absolute atomic E-state index is 11.8. The van der Waals surface area contributed by atoms with Gasteiger partial charge in [0.1, 0.15) is 0 Å². The first-order valence-electron chi connectivity index (χ1n) is 5.92. The molecule has 1 heterocycles. The Bertz CT molecular complexity index is 216. The van der Waals surface area contributed by atoms with Gasteiger partial charge in [-0.1, -0.05) is 20.8 Å². The van der Waals surface area contributed by atoms with Crippen molar-refractivity contribution >= 4 is 5.97 Å². The third kappa shape index (κ3) is 3.82. The zero-order valence-corrected chi connectivity index (χ0v) is 10.2. The van der Waals surface area contributed by atoms with Crippen LogP contribution in [-0.4, -0.2) is 25.2 Å². The minimum atomic E-state index is -0.0272. The van der Waals surface area contributed by atoms with Crippen LogP contribution in [0.5, 0.6) is 0 Å². The van der Waals surface area contributed by atoms with Crippen molar-refractivity contribution in [1.29, 1.82) is 0 Å². The molecule has 88 valence electrons. The van der Waals surface area contributed by atoms with Gasteiger partial charge in [-0.15, -0.1) is 0 Å². The summed E-state index contributed by atoms with van der Waals surface area (Å²) in [4.78, 5) is 11.8. The van der Waals surface area contributed by atoms with E-state index in [1.807, 2.05) is 6.92 Å². The average molecular weight is 213 g/mol. The fraction of sp³-hybridized carbons (Fsp3) is 0.917. The highest BCUT2D eigenvalue weighted by atomic mass is 16.5. The SMILES string of the molecule is CC(C)CC(C)OC(=O)[C@@H]1CNC[C@H]1C. The lowest BCUT2D eigenvalue weighted by Gasteiger charge is -2.19. The van der Waals surface area contributed by atoms with E-state index >= 15 is 0 Å². The predicted molar refractivity (Wildman–Crippen MR) is 60.5 cm³/mol. The molecule has 15 heavy (non-hydrogen) atoms. The summed E-state index contributed by atoms with van der Waals surface area (Å²) in [6, 6.07) is 0. The lowest BCUT2D eigenvalue weighted by atomic mass is 9.98. The van der Waals surface area contributed by atoms with E-state index in [1.165, 1.54) is 0 Å². The summed E-state index contributed by atoms with van der Waals surface area (Å²) < 4.78 is 5.44. The first kappa shape index (κ1) is 12.5. The second-order valence-electron chi connectivity index (χ2n) is 5.12. The van der Waals surface area contributed by atoms with Gasteiger partial charge in [0.05, 0.1) is 12.0 Å². The third-order valence-corrected chi connectivity index (χ3v) is 2.94.